The van der Waals surface area contributed by atoms with Crippen LogP contribution in [0.3, 0.4) is 0 Å². The molecule has 0 aliphatic rings. The predicted octanol–water partition coefficient (Wildman–Crippen LogP) is 1.50. The molecule has 0 fully saturated rings. The fourth-order valence-electron chi connectivity index (χ4n) is 0.840. The molecule has 0 heterocycles. The van der Waals surface area contributed by atoms with Crippen LogP contribution in [0.4, 0.5) is 0 Å². The summed E-state index contributed by atoms with van der Waals surface area (Å²) in [7, 11) is 0. The minimum atomic E-state index is 0.0916. The molecule has 0 spiro atoms. The monoisotopic (exact) mass is 170 g/mol. The summed E-state index contributed by atoms with van der Waals surface area (Å²) in [5, 5.41) is 17.6. The van der Waals surface area contributed by atoms with Crippen molar-refractivity contribution in [2.45, 2.75) is 20.3 Å². The summed E-state index contributed by atoms with van der Waals surface area (Å²) < 4.78 is 0. The van der Waals surface area contributed by atoms with Gasteiger partial charge in [-0.15, -0.1) is 0 Å². The van der Waals surface area contributed by atoms with E-state index in [0.29, 0.717) is 0 Å². The van der Waals surface area contributed by atoms with Crippen molar-refractivity contribution in [3.8, 4) is 0 Å². The molecule has 0 aliphatic heterocycles. The molecule has 0 rings (SSSR count). The smallest absolute Gasteiger partial charge is 0.0639 e. The van der Waals surface area contributed by atoms with Crippen LogP contribution >= 0.6 is 0 Å². The number of allylic oxidation sites excluding steroid dienone is 1. The second-order valence-electron chi connectivity index (χ2n) is 3.17. The zero-order valence-corrected chi connectivity index (χ0v) is 7.88. The Bertz CT molecular complexity index is 171. The minimum absolute atomic E-state index is 0.0916. The Morgan fingerprint density at radius 2 is 2.00 bits per heavy atom. The highest BCUT2D eigenvalue weighted by Crippen LogP contribution is 2.13. The van der Waals surface area contributed by atoms with Gasteiger partial charge < -0.3 is 10.2 Å². The largest absolute Gasteiger partial charge is 0.396 e. The van der Waals surface area contributed by atoms with Crippen LogP contribution < -0.4 is 0 Å². The Morgan fingerprint density at radius 3 is 2.33 bits per heavy atom. The van der Waals surface area contributed by atoms with Crippen LogP contribution in [0.25, 0.3) is 0 Å². The van der Waals surface area contributed by atoms with E-state index in [4.69, 9.17) is 10.2 Å². The molecule has 2 heteroatoms. The van der Waals surface area contributed by atoms with E-state index in [2.05, 4.69) is 6.58 Å². The molecule has 12 heavy (non-hydrogen) atoms. The fraction of sp³-hybridized carbons (Fsp3) is 0.600. The molecular formula is C10H18O2. The molecule has 0 aromatic heterocycles. The number of aliphatic hydroxyl groups is 2. The van der Waals surface area contributed by atoms with Crippen molar-refractivity contribution in [2.24, 2.45) is 5.92 Å². The van der Waals surface area contributed by atoms with Crippen LogP contribution in [0, 0.1) is 5.92 Å². The first-order chi connectivity index (χ1) is 5.61. The van der Waals surface area contributed by atoms with Crippen molar-refractivity contribution in [1.29, 1.82) is 0 Å². The first kappa shape index (κ1) is 11.4. The predicted molar refractivity (Wildman–Crippen MR) is 50.8 cm³/mol. The van der Waals surface area contributed by atoms with E-state index in [1.165, 1.54) is 0 Å². The summed E-state index contributed by atoms with van der Waals surface area (Å²) in [6.45, 7) is 7.77. The molecule has 0 aromatic rings. The van der Waals surface area contributed by atoms with Crippen molar-refractivity contribution in [1.82, 2.24) is 0 Å². The van der Waals surface area contributed by atoms with E-state index >= 15 is 0 Å². The first-order valence-electron chi connectivity index (χ1n) is 4.14. The Hall–Kier alpha value is -0.600. The molecule has 0 saturated heterocycles. The van der Waals surface area contributed by atoms with Crippen molar-refractivity contribution in [2.75, 3.05) is 13.2 Å². The lowest BCUT2D eigenvalue weighted by Gasteiger charge is -2.11. The van der Waals surface area contributed by atoms with Gasteiger partial charge in [-0.05, 0) is 20.3 Å². The van der Waals surface area contributed by atoms with Crippen LogP contribution in [0.15, 0.2) is 23.8 Å². The van der Waals surface area contributed by atoms with Crippen LogP contribution in [-0.4, -0.2) is 23.4 Å². The first-order valence-corrected chi connectivity index (χ1v) is 4.14. The Morgan fingerprint density at radius 1 is 1.42 bits per heavy atom. The van der Waals surface area contributed by atoms with E-state index in [-0.39, 0.29) is 19.1 Å². The lowest BCUT2D eigenvalue weighted by atomic mass is 9.98. The molecule has 0 unspecified atom stereocenters. The van der Waals surface area contributed by atoms with Gasteiger partial charge >= 0.3 is 0 Å². The fourth-order valence-corrected chi connectivity index (χ4v) is 0.840. The van der Waals surface area contributed by atoms with Crippen LogP contribution in [0.5, 0.6) is 0 Å². The number of aliphatic hydroxyl groups excluding tert-OH is 2. The second kappa shape index (κ2) is 5.98. The zero-order chi connectivity index (χ0) is 9.56. The van der Waals surface area contributed by atoms with Gasteiger partial charge in [-0.25, -0.2) is 0 Å². The van der Waals surface area contributed by atoms with E-state index in [1.807, 2.05) is 19.9 Å². The van der Waals surface area contributed by atoms with Gasteiger partial charge in [0.15, 0.2) is 0 Å². The summed E-state index contributed by atoms with van der Waals surface area (Å²) in [6.07, 6.45) is 2.70. The average Bonchev–Trinajstić information content (AvgIpc) is 2.04. The maximum Gasteiger partial charge on any atom is 0.0639 e. The van der Waals surface area contributed by atoms with Crippen LogP contribution in [-0.2, 0) is 0 Å². The van der Waals surface area contributed by atoms with Gasteiger partial charge in [0.05, 0.1) is 6.61 Å². The molecule has 70 valence electrons. The zero-order valence-electron chi connectivity index (χ0n) is 7.88. The maximum absolute atomic E-state index is 8.93. The van der Waals surface area contributed by atoms with Crippen molar-refractivity contribution in [3.63, 3.8) is 0 Å². The normalized spacial score (nSPS) is 14.5. The molecule has 2 nitrogen and oxygen atoms in total. The SMILES string of the molecule is C=C(C)[C@H](CO)C/C=C(\C)CO. The van der Waals surface area contributed by atoms with Gasteiger partial charge in [0.1, 0.15) is 0 Å². The molecule has 0 saturated carbocycles. The van der Waals surface area contributed by atoms with Gasteiger partial charge in [-0.2, -0.15) is 0 Å². The Kier molecular flexibility index (Phi) is 5.68. The highest BCUT2D eigenvalue weighted by molar-refractivity contribution is 5.04. The molecule has 0 radical (unpaired) electrons. The summed E-state index contributed by atoms with van der Waals surface area (Å²) >= 11 is 0. The minimum Gasteiger partial charge on any atom is -0.396 e. The molecule has 1 atom stereocenters. The highest BCUT2D eigenvalue weighted by Gasteiger charge is 2.05. The third kappa shape index (κ3) is 4.31. The highest BCUT2D eigenvalue weighted by atomic mass is 16.3. The lowest BCUT2D eigenvalue weighted by molar-refractivity contribution is 0.247. The maximum atomic E-state index is 8.93. The second-order valence-corrected chi connectivity index (χ2v) is 3.17. The van der Waals surface area contributed by atoms with E-state index in [1.54, 1.807) is 0 Å². The van der Waals surface area contributed by atoms with Crippen LogP contribution in [0.1, 0.15) is 20.3 Å². The van der Waals surface area contributed by atoms with Crippen molar-refractivity contribution in [3.05, 3.63) is 23.8 Å². The van der Waals surface area contributed by atoms with Gasteiger partial charge in [0.25, 0.3) is 0 Å². The number of hydrogen-bond donors (Lipinski definition) is 2. The van der Waals surface area contributed by atoms with E-state index in [9.17, 15) is 0 Å². The quantitative estimate of drug-likeness (QED) is 0.614. The molecule has 0 aliphatic carbocycles. The molecule has 2 N–H and O–H groups in total. The number of rotatable bonds is 5. The summed E-state index contributed by atoms with van der Waals surface area (Å²) in [5.41, 5.74) is 1.93. The lowest BCUT2D eigenvalue weighted by Crippen LogP contribution is -2.05. The van der Waals surface area contributed by atoms with E-state index < -0.39 is 0 Å². The van der Waals surface area contributed by atoms with Gasteiger partial charge in [0, 0.05) is 12.5 Å². The van der Waals surface area contributed by atoms with Crippen molar-refractivity contribution < 1.29 is 10.2 Å². The average molecular weight is 170 g/mol. The summed E-state index contributed by atoms with van der Waals surface area (Å²) in [5.74, 6) is 0.131. The van der Waals surface area contributed by atoms with Crippen LogP contribution in [0.2, 0.25) is 0 Å². The molecule has 0 amide bonds. The van der Waals surface area contributed by atoms with E-state index in [0.717, 1.165) is 17.6 Å². The van der Waals surface area contributed by atoms with Crippen molar-refractivity contribution >= 4 is 0 Å². The van der Waals surface area contributed by atoms with Gasteiger partial charge in [-0.1, -0.05) is 23.8 Å². The third-order valence-electron chi connectivity index (χ3n) is 1.92. The number of hydrogen-bond acceptors (Lipinski definition) is 2. The Balaban J connectivity index is 3.96. The van der Waals surface area contributed by atoms with Gasteiger partial charge in [0.2, 0.25) is 0 Å². The summed E-state index contributed by atoms with van der Waals surface area (Å²) in [6, 6.07) is 0. The molecule has 0 aromatic carbocycles. The standard InChI is InChI=1S/C10H18O2/c1-8(2)10(7-12)5-4-9(3)6-11/h4,10-12H,1,5-7H2,2-3H3/b9-4+/t10-/m0/s1. The third-order valence-corrected chi connectivity index (χ3v) is 1.92. The topological polar surface area (TPSA) is 40.5 Å². The molecular weight excluding hydrogens is 152 g/mol. The Labute approximate surface area is 74.2 Å². The summed E-state index contributed by atoms with van der Waals surface area (Å²) in [4.78, 5) is 0. The van der Waals surface area contributed by atoms with Gasteiger partial charge in [-0.3, -0.25) is 0 Å². The molecule has 0 bridgehead atoms.